The van der Waals surface area contributed by atoms with E-state index in [-0.39, 0.29) is 6.61 Å². The lowest BCUT2D eigenvalue weighted by Gasteiger charge is -2.16. The van der Waals surface area contributed by atoms with Crippen molar-refractivity contribution in [1.82, 2.24) is 0 Å². The SMILES string of the molecule is CC(O)c1cc(Br)ccc1OCC(O)c1ccccc1. The standard InChI is InChI=1S/C16H17BrO3/c1-11(18)14-9-13(17)7-8-16(14)20-10-15(19)12-5-3-2-4-6-12/h2-9,11,15,18-19H,10H2,1H3. The van der Waals surface area contributed by atoms with Crippen LogP contribution in [0.1, 0.15) is 30.3 Å². The normalized spacial score (nSPS) is 13.8. The first-order valence-electron chi connectivity index (χ1n) is 6.41. The van der Waals surface area contributed by atoms with Crippen LogP contribution in [0.3, 0.4) is 0 Å². The minimum Gasteiger partial charge on any atom is -0.490 e. The number of benzene rings is 2. The summed E-state index contributed by atoms with van der Waals surface area (Å²) in [5.74, 6) is 0.582. The van der Waals surface area contributed by atoms with Gasteiger partial charge < -0.3 is 14.9 Å². The number of hydrogen-bond acceptors (Lipinski definition) is 3. The Balaban J connectivity index is 2.08. The van der Waals surface area contributed by atoms with Crippen molar-refractivity contribution in [2.24, 2.45) is 0 Å². The first-order chi connectivity index (χ1) is 9.58. The average Bonchev–Trinajstić information content (AvgIpc) is 2.46. The molecule has 0 amide bonds. The van der Waals surface area contributed by atoms with Crippen molar-refractivity contribution in [3.8, 4) is 5.75 Å². The van der Waals surface area contributed by atoms with Crippen LogP contribution in [-0.4, -0.2) is 16.8 Å². The van der Waals surface area contributed by atoms with Gasteiger partial charge in [-0.3, -0.25) is 0 Å². The van der Waals surface area contributed by atoms with Crippen molar-refractivity contribution in [2.45, 2.75) is 19.1 Å². The number of rotatable bonds is 5. The van der Waals surface area contributed by atoms with Gasteiger partial charge in [0.05, 0.1) is 6.10 Å². The number of hydrogen-bond donors (Lipinski definition) is 2. The molecule has 0 radical (unpaired) electrons. The molecule has 2 N–H and O–H groups in total. The van der Waals surface area contributed by atoms with E-state index in [2.05, 4.69) is 15.9 Å². The molecule has 0 fully saturated rings. The summed E-state index contributed by atoms with van der Waals surface area (Å²) in [5.41, 5.74) is 1.50. The zero-order valence-corrected chi connectivity index (χ0v) is 12.7. The van der Waals surface area contributed by atoms with Crippen LogP contribution in [0.25, 0.3) is 0 Å². The van der Waals surface area contributed by atoms with E-state index in [0.29, 0.717) is 11.3 Å². The summed E-state index contributed by atoms with van der Waals surface area (Å²) in [6, 6.07) is 14.8. The van der Waals surface area contributed by atoms with Crippen molar-refractivity contribution in [1.29, 1.82) is 0 Å². The largest absolute Gasteiger partial charge is 0.490 e. The minimum atomic E-state index is -0.693. The Kier molecular flexibility index (Phi) is 5.17. The molecule has 0 bridgehead atoms. The second-order valence-electron chi connectivity index (χ2n) is 4.60. The van der Waals surface area contributed by atoms with E-state index in [1.54, 1.807) is 13.0 Å². The van der Waals surface area contributed by atoms with Gasteiger partial charge in [0, 0.05) is 10.0 Å². The third-order valence-corrected chi connectivity index (χ3v) is 3.50. The monoisotopic (exact) mass is 336 g/mol. The van der Waals surface area contributed by atoms with Crippen molar-refractivity contribution < 1.29 is 14.9 Å². The first-order valence-corrected chi connectivity index (χ1v) is 7.20. The third-order valence-electron chi connectivity index (χ3n) is 3.00. The van der Waals surface area contributed by atoms with Gasteiger partial charge in [-0.15, -0.1) is 0 Å². The highest BCUT2D eigenvalue weighted by molar-refractivity contribution is 9.10. The molecule has 106 valence electrons. The van der Waals surface area contributed by atoms with Crippen molar-refractivity contribution in [3.63, 3.8) is 0 Å². The van der Waals surface area contributed by atoms with Crippen LogP contribution in [0.15, 0.2) is 53.0 Å². The summed E-state index contributed by atoms with van der Waals surface area (Å²) in [5, 5.41) is 19.8. The fraction of sp³-hybridized carbons (Fsp3) is 0.250. The number of aliphatic hydroxyl groups excluding tert-OH is 2. The third kappa shape index (κ3) is 3.82. The molecule has 2 unspecified atom stereocenters. The second-order valence-corrected chi connectivity index (χ2v) is 5.51. The molecule has 2 atom stereocenters. The molecule has 0 spiro atoms. The molecule has 0 aliphatic heterocycles. The number of ether oxygens (including phenoxy) is 1. The predicted octanol–water partition coefficient (Wildman–Crippen LogP) is 3.61. The zero-order valence-electron chi connectivity index (χ0n) is 11.2. The van der Waals surface area contributed by atoms with Crippen LogP contribution in [-0.2, 0) is 0 Å². The lowest BCUT2D eigenvalue weighted by Crippen LogP contribution is -2.11. The predicted molar refractivity (Wildman–Crippen MR) is 81.7 cm³/mol. The molecular weight excluding hydrogens is 320 g/mol. The summed E-state index contributed by atoms with van der Waals surface area (Å²) in [6.07, 6.45) is -1.32. The Bertz CT molecular complexity index is 555. The molecule has 0 aliphatic rings. The quantitative estimate of drug-likeness (QED) is 0.876. The van der Waals surface area contributed by atoms with Crippen LogP contribution in [0, 0.1) is 0 Å². The van der Waals surface area contributed by atoms with Gasteiger partial charge in [0.15, 0.2) is 0 Å². The summed E-state index contributed by atoms with van der Waals surface area (Å²) >= 11 is 3.37. The van der Waals surface area contributed by atoms with Gasteiger partial charge in [-0.2, -0.15) is 0 Å². The molecule has 2 aromatic rings. The Morgan fingerprint density at radius 3 is 2.45 bits per heavy atom. The fourth-order valence-corrected chi connectivity index (χ4v) is 2.30. The fourth-order valence-electron chi connectivity index (χ4n) is 1.92. The van der Waals surface area contributed by atoms with Gasteiger partial charge in [-0.05, 0) is 30.7 Å². The average molecular weight is 337 g/mol. The lowest BCUT2D eigenvalue weighted by molar-refractivity contribution is 0.105. The Morgan fingerprint density at radius 2 is 1.80 bits per heavy atom. The number of halogens is 1. The molecule has 0 saturated heterocycles. The maximum absolute atomic E-state index is 10.1. The lowest BCUT2D eigenvalue weighted by atomic mass is 10.1. The summed E-state index contributed by atoms with van der Waals surface area (Å²) in [6.45, 7) is 1.83. The molecule has 4 heteroatoms. The first kappa shape index (κ1) is 15.0. The van der Waals surface area contributed by atoms with Crippen molar-refractivity contribution in [2.75, 3.05) is 6.61 Å². The van der Waals surface area contributed by atoms with Crippen LogP contribution in [0.5, 0.6) is 5.75 Å². The Labute approximate surface area is 127 Å². The second kappa shape index (κ2) is 6.88. The highest BCUT2D eigenvalue weighted by Gasteiger charge is 2.13. The van der Waals surface area contributed by atoms with Gasteiger partial charge in [0.25, 0.3) is 0 Å². The van der Waals surface area contributed by atoms with Gasteiger partial charge >= 0.3 is 0 Å². The topological polar surface area (TPSA) is 49.7 Å². The molecule has 0 heterocycles. The maximum atomic E-state index is 10.1. The van der Waals surface area contributed by atoms with E-state index >= 15 is 0 Å². The van der Waals surface area contributed by atoms with Gasteiger partial charge in [0.1, 0.15) is 18.5 Å². The summed E-state index contributed by atoms with van der Waals surface area (Å²) < 4.78 is 6.52. The van der Waals surface area contributed by atoms with Crippen LogP contribution >= 0.6 is 15.9 Å². The Hall–Kier alpha value is -1.36. The van der Waals surface area contributed by atoms with E-state index < -0.39 is 12.2 Å². The molecule has 0 aromatic heterocycles. The Morgan fingerprint density at radius 1 is 1.10 bits per heavy atom. The van der Waals surface area contributed by atoms with Gasteiger partial charge in [0.2, 0.25) is 0 Å². The maximum Gasteiger partial charge on any atom is 0.125 e. The molecule has 0 saturated carbocycles. The van der Waals surface area contributed by atoms with E-state index in [1.807, 2.05) is 42.5 Å². The highest BCUT2D eigenvalue weighted by Crippen LogP contribution is 2.29. The summed E-state index contributed by atoms with van der Waals surface area (Å²) in [4.78, 5) is 0. The van der Waals surface area contributed by atoms with Gasteiger partial charge in [-0.25, -0.2) is 0 Å². The molecule has 3 nitrogen and oxygen atoms in total. The van der Waals surface area contributed by atoms with Crippen LogP contribution < -0.4 is 4.74 Å². The number of aliphatic hydroxyl groups is 2. The van der Waals surface area contributed by atoms with E-state index in [4.69, 9.17) is 4.74 Å². The van der Waals surface area contributed by atoms with Crippen molar-refractivity contribution >= 4 is 15.9 Å². The molecule has 2 aromatic carbocycles. The smallest absolute Gasteiger partial charge is 0.125 e. The molecular formula is C16H17BrO3. The van der Waals surface area contributed by atoms with E-state index in [1.165, 1.54) is 0 Å². The minimum absolute atomic E-state index is 0.144. The van der Waals surface area contributed by atoms with Crippen molar-refractivity contribution in [3.05, 3.63) is 64.1 Å². The molecule has 2 rings (SSSR count). The van der Waals surface area contributed by atoms with Crippen LogP contribution in [0.2, 0.25) is 0 Å². The van der Waals surface area contributed by atoms with E-state index in [0.717, 1.165) is 10.0 Å². The molecule has 0 aliphatic carbocycles. The molecule has 20 heavy (non-hydrogen) atoms. The zero-order chi connectivity index (χ0) is 14.5. The highest BCUT2D eigenvalue weighted by atomic mass is 79.9. The van der Waals surface area contributed by atoms with E-state index in [9.17, 15) is 10.2 Å². The summed E-state index contributed by atoms with van der Waals surface area (Å²) in [7, 11) is 0. The van der Waals surface area contributed by atoms with Crippen LogP contribution in [0.4, 0.5) is 0 Å². The van der Waals surface area contributed by atoms with Gasteiger partial charge in [-0.1, -0.05) is 46.3 Å².